The Hall–Kier alpha value is -2.21. The molecule has 3 heterocycles. The van der Waals surface area contributed by atoms with Crippen LogP contribution in [0.4, 0.5) is 4.39 Å². The lowest BCUT2D eigenvalue weighted by molar-refractivity contribution is 0.0700. The molecule has 0 unspecified atom stereocenters. The van der Waals surface area contributed by atoms with Crippen LogP contribution in [0.2, 0.25) is 0 Å². The fourth-order valence-electron chi connectivity index (χ4n) is 3.68. The van der Waals surface area contributed by atoms with Crippen LogP contribution in [-0.4, -0.2) is 33.4 Å². The molecule has 0 radical (unpaired) electrons. The van der Waals surface area contributed by atoms with Gasteiger partial charge in [0.2, 0.25) is 0 Å². The molecule has 1 aromatic carbocycles. The van der Waals surface area contributed by atoms with Crippen LogP contribution in [0.1, 0.15) is 39.3 Å². The smallest absolute Gasteiger partial charge is 0.263 e. The number of piperidine rings is 1. The third-order valence-electron chi connectivity index (χ3n) is 4.90. The normalized spacial score (nSPS) is 15.9. The number of fused-ring (bicyclic) bond motifs is 1. The highest BCUT2D eigenvalue weighted by Gasteiger charge is 2.27. The van der Waals surface area contributed by atoms with E-state index >= 15 is 0 Å². The number of amides is 1. The zero-order chi connectivity index (χ0) is 17.6. The predicted octanol–water partition coefficient (Wildman–Crippen LogP) is 4.33. The molecule has 0 spiro atoms. The van der Waals surface area contributed by atoms with Gasteiger partial charge in [0, 0.05) is 24.0 Å². The van der Waals surface area contributed by atoms with Crippen LogP contribution in [0.3, 0.4) is 0 Å². The van der Waals surface area contributed by atoms with E-state index in [0.717, 1.165) is 52.5 Å². The minimum Gasteiger partial charge on any atom is -0.338 e. The third-order valence-corrected chi connectivity index (χ3v) is 5.88. The molecule has 6 heteroatoms. The van der Waals surface area contributed by atoms with Gasteiger partial charge in [-0.1, -0.05) is 0 Å². The quantitative estimate of drug-likeness (QED) is 0.685. The van der Waals surface area contributed by atoms with Crippen molar-refractivity contribution in [1.82, 2.24) is 14.5 Å². The minimum atomic E-state index is -0.241. The Morgan fingerprint density at radius 2 is 1.96 bits per heavy atom. The van der Waals surface area contributed by atoms with Crippen LogP contribution in [0, 0.1) is 19.7 Å². The van der Waals surface area contributed by atoms with Gasteiger partial charge in [0.15, 0.2) is 0 Å². The fraction of sp³-hybridized carbons (Fsp3) is 0.368. The van der Waals surface area contributed by atoms with Gasteiger partial charge in [-0.2, -0.15) is 0 Å². The number of rotatable bonds is 2. The molecule has 3 aromatic rings. The van der Waals surface area contributed by atoms with E-state index in [4.69, 9.17) is 0 Å². The summed E-state index contributed by atoms with van der Waals surface area (Å²) in [5.41, 5.74) is 1.67. The summed E-state index contributed by atoms with van der Waals surface area (Å²) in [7, 11) is 0. The lowest BCUT2D eigenvalue weighted by Gasteiger charge is -2.33. The molecule has 1 fully saturated rings. The van der Waals surface area contributed by atoms with Crippen molar-refractivity contribution in [2.45, 2.75) is 32.7 Å². The second kappa shape index (κ2) is 6.26. The number of thiophene rings is 1. The highest BCUT2D eigenvalue weighted by molar-refractivity contribution is 7.13. The van der Waals surface area contributed by atoms with Gasteiger partial charge in [-0.05, 0) is 57.0 Å². The van der Waals surface area contributed by atoms with Crippen LogP contribution in [0.15, 0.2) is 30.3 Å². The van der Waals surface area contributed by atoms with Gasteiger partial charge >= 0.3 is 0 Å². The molecule has 2 aromatic heterocycles. The van der Waals surface area contributed by atoms with Crippen molar-refractivity contribution in [2.75, 3.05) is 13.1 Å². The fourth-order valence-corrected chi connectivity index (χ4v) is 4.52. The Morgan fingerprint density at radius 1 is 1.20 bits per heavy atom. The number of halogens is 1. The van der Waals surface area contributed by atoms with Crippen LogP contribution in [0.5, 0.6) is 0 Å². The van der Waals surface area contributed by atoms with Crippen molar-refractivity contribution in [3.63, 3.8) is 0 Å². The Morgan fingerprint density at radius 3 is 2.64 bits per heavy atom. The van der Waals surface area contributed by atoms with Crippen molar-refractivity contribution >= 4 is 28.3 Å². The molecule has 0 saturated carbocycles. The summed E-state index contributed by atoms with van der Waals surface area (Å²) >= 11 is 1.55. The summed E-state index contributed by atoms with van der Waals surface area (Å²) in [6.45, 7) is 5.41. The number of aryl methyl sites for hydroxylation is 2. The van der Waals surface area contributed by atoms with Gasteiger partial charge in [0.05, 0.1) is 15.9 Å². The summed E-state index contributed by atoms with van der Waals surface area (Å²) in [5, 5.41) is 0. The van der Waals surface area contributed by atoms with Gasteiger partial charge in [0.25, 0.3) is 5.91 Å². The number of carbonyl (C=O) groups excluding carboxylic acids is 1. The Kier molecular flexibility index (Phi) is 4.07. The zero-order valence-electron chi connectivity index (χ0n) is 14.3. The molecule has 4 nitrogen and oxygen atoms in total. The maximum absolute atomic E-state index is 13.7. The molecule has 1 aliphatic heterocycles. The van der Waals surface area contributed by atoms with Gasteiger partial charge in [-0.25, -0.2) is 9.37 Å². The molecule has 1 aliphatic rings. The van der Waals surface area contributed by atoms with Gasteiger partial charge < -0.3 is 9.47 Å². The molecule has 4 rings (SSSR count). The number of nitrogens with zero attached hydrogens (tertiary/aromatic N) is 3. The number of hydrogen-bond donors (Lipinski definition) is 0. The summed E-state index contributed by atoms with van der Waals surface area (Å²) in [6.07, 6.45) is 1.72. The molecule has 0 N–H and O–H groups in total. The van der Waals surface area contributed by atoms with E-state index in [1.807, 2.05) is 30.9 Å². The Labute approximate surface area is 149 Å². The topological polar surface area (TPSA) is 38.1 Å². The average Bonchev–Trinajstić information content (AvgIpc) is 3.17. The molecule has 1 saturated heterocycles. The van der Waals surface area contributed by atoms with Crippen LogP contribution in [-0.2, 0) is 0 Å². The first-order valence-corrected chi connectivity index (χ1v) is 9.34. The summed E-state index contributed by atoms with van der Waals surface area (Å²) < 4.78 is 15.8. The number of imidazole rings is 1. The van der Waals surface area contributed by atoms with Crippen LogP contribution < -0.4 is 0 Å². The number of likely N-dealkylation sites (tertiary alicyclic amines) is 1. The van der Waals surface area contributed by atoms with Crippen molar-refractivity contribution in [3.8, 4) is 0 Å². The molecule has 0 bridgehead atoms. The predicted molar refractivity (Wildman–Crippen MR) is 97.7 cm³/mol. The average molecular weight is 357 g/mol. The van der Waals surface area contributed by atoms with E-state index in [1.54, 1.807) is 23.5 Å². The van der Waals surface area contributed by atoms with Crippen LogP contribution in [0.25, 0.3) is 11.0 Å². The number of aromatic nitrogens is 2. The van der Waals surface area contributed by atoms with Gasteiger partial charge in [-0.15, -0.1) is 11.3 Å². The Balaban J connectivity index is 1.53. The molecular weight excluding hydrogens is 337 g/mol. The third kappa shape index (κ3) is 2.95. The maximum Gasteiger partial charge on any atom is 0.263 e. The summed E-state index contributed by atoms with van der Waals surface area (Å²) in [6, 6.07) is 8.88. The summed E-state index contributed by atoms with van der Waals surface area (Å²) in [5.74, 6) is 0.781. The lowest BCUT2D eigenvalue weighted by atomic mass is 10.0. The summed E-state index contributed by atoms with van der Waals surface area (Å²) in [4.78, 5) is 21.0. The van der Waals surface area contributed by atoms with Crippen molar-refractivity contribution in [2.24, 2.45) is 0 Å². The molecule has 130 valence electrons. The van der Waals surface area contributed by atoms with Crippen LogP contribution >= 0.6 is 11.3 Å². The first-order chi connectivity index (χ1) is 12.0. The van der Waals surface area contributed by atoms with E-state index in [2.05, 4.69) is 9.55 Å². The monoisotopic (exact) mass is 357 g/mol. The van der Waals surface area contributed by atoms with Crippen molar-refractivity contribution in [3.05, 3.63) is 51.7 Å². The SMILES string of the molecule is Cc1ccc(C(=O)N2CCC(n3c(C)nc4ccc(F)cc43)CC2)s1. The second-order valence-corrected chi connectivity index (χ2v) is 7.88. The maximum atomic E-state index is 13.7. The second-order valence-electron chi connectivity index (χ2n) is 6.60. The Bertz CT molecular complexity index is 937. The van der Waals surface area contributed by atoms with Gasteiger partial charge in [0.1, 0.15) is 11.6 Å². The number of carbonyl (C=O) groups is 1. The molecule has 1 amide bonds. The van der Waals surface area contributed by atoms with Gasteiger partial charge in [-0.3, -0.25) is 4.79 Å². The largest absolute Gasteiger partial charge is 0.338 e. The lowest BCUT2D eigenvalue weighted by Crippen LogP contribution is -2.38. The first kappa shape index (κ1) is 16.3. The van der Waals surface area contributed by atoms with E-state index in [0.29, 0.717) is 0 Å². The molecule has 0 atom stereocenters. The standard InChI is InChI=1S/C19H20FN3OS/c1-12-3-6-18(25-12)19(24)22-9-7-15(8-10-22)23-13(2)21-16-5-4-14(20)11-17(16)23/h3-6,11,15H,7-10H2,1-2H3. The zero-order valence-corrected chi connectivity index (χ0v) is 15.1. The molecular formula is C19H20FN3OS. The van der Waals surface area contributed by atoms with Crippen molar-refractivity contribution < 1.29 is 9.18 Å². The minimum absolute atomic E-state index is 0.120. The first-order valence-electron chi connectivity index (χ1n) is 8.53. The molecule has 25 heavy (non-hydrogen) atoms. The number of hydrogen-bond acceptors (Lipinski definition) is 3. The van der Waals surface area contributed by atoms with E-state index in [1.165, 1.54) is 6.07 Å². The van der Waals surface area contributed by atoms with Crippen molar-refractivity contribution in [1.29, 1.82) is 0 Å². The highest BCUT2D eigenvalue weighted by Crippen LogP contribution is 2.30. The van der Waals surface area contributed by atoms with E-state index in [-0.39, 0.29) is 17.8 Å². The van der Waals surface area contributed by atoms with E-state index in [9.17, 15) is 9.18 Å². The van der Waals surface area contributed by atoms with E-state index < -0.39 is 0 Å². The highest BCUT2D eigenvalue weighted by atomic mass is 32.1. The number of benzene rings is 1. The molecule has 0 aliphatic carbocycles.